The molecule has 5 nitrogen and oxygen atoms in total. The summed E-state index contributed by atoms with van der Waals surface area (Å²) < 4.78 is 12.4. The molecule has 0 amide bonds. The average Bonchev–Trinajstić information content (AvgIpc) is 2.98. The second kappa shape index (κ2) is 5.19. The van der Waals surface area contributed by atoms with Crippen molar-refractivity contribution >= 4 is 0 Å². The highest BCUT2D eigenvalue weighted by Gasteiger charge is 2.28. The molecule has 0 N–H and O–H groups in total. The number of nitrogens with zero attached hydrogens (tertiary/aromatic N) is 3. The van der Waals surface area contributed by atoms with Crippen LogP contribution in [0.1, 0.15) is 22.7 Å². The van der Waals surface area contributed by atoms with Gasteiger partial charge in [-0.05, 0) is 6.07 Å². The summed E-state index contributed by atoms with van der Waals surface area (Å²) in [5, 5.41) is 4.57. The van der Waals surface area contributed by atoms with Gasteiger partial charge in [0.15, 0.2) is 0 Å². The summed E-state index contributed by atoms with van der Waals surface area (Å²) in [7, 11) is 3.72. The number of methoxy groups -OCH3 is 1. The van der Waals surface area contributed by atoms with Crippen molar-refractivity contribution in [1.29, 1.82) is 0 Å². The van der Waals surface area contributed by atoms with Gasteiger partial charge in [-0.2, -0.15) is 5.10 Å². The second-order valence-corrected chi connectivity index (χ2v) is 5.17. The van der Waals surface area contributed by atoms with E-state index in [-0.39, 0.29) is 0 Å². The van der Waals surface area contributed by atoms with E-state index in [9.17, 15) is 0 Å². The molecule has 0 bridgehead atoms. The third kappa shape index (κ3) is 2.57. The van der Waals surface area contributed by atoms with Crippen molar-refractivity contribution in [2.75, 3.05) is 20.3 Å². The molecule has 2 aromatic heterocycles. The molecule has 1 aliphatic heterocycles. The molecule has 0 aliphatic carbocycles. The van der Waals surface area contributed by atoms with Crippen LogP contribution in [0.4, 0.5) is 0 Å². The van der Waals surface area contributed by atoms with E-state index in [1.165, 1.54) is 16.8 Å². The van der Waals surface area contributed by atoms with Crippen LogP contribution >= 0.6 is 0 Å². The molecule has 0 aromatic carbocycles. The minimum atomic E-state index is 0.349. The molecule has 0 fully saturated rings. The molecule has 0 radical (unpaired) electrons. The Bertz CT molecular complexity index is 533. The average molecular weight is 261 g/mol. The largest absolute Gasteiger partial charge is 0.472 e. The molecule has 0 saturated carbocycles. The Morgan fingerprint density at radius 3 is 3.16 bits per heavy atom. The summed E-state index contributed by atoms with van der Waals surface area (Å²) in [6.45, 7) is 3.54. The van der Waals surface area contributed by atoms with Crippen LogP contribution in [0.15, 0.2) is 29.2 Å². The normalized spacial score (nSPS) is 19.6. The van der Waals surface area contributed by atoms with E-state index in [4.69, 9.17) is 9.15 Å². The van der Waals surface area contributed by atoms with Crippen molar-refractivity contribution in [1.82, 2.24) is 14.7 Å². The molecular weight excluding hydrogens is 242 g/mol. The molecule has 2 aromatic rings. The maximum absolute atomic E-state index is 5.34. The summed E-state index contributed by atoms with van der Waals surface area (Å²) in [5.74, 6) is 0.349. The third-order valence-electron chi connectivity index (χ3n) is 3.55. The predicted molar refractivity (Wildman–Crippen MR) is 70.6 cm³/mol. The zero-order chi connectivity index (χ0) is 13.2. The fraction of sp³-hybridized carbons (Fsp3) is 0.500. The van der Waals surface area contributed by atoms with Crippen LogP contribution in [0, 0.1) is 0 Å². The topological polar surface area (TPSA) is 43.4 Å². The first-order valence-corrected chi connectivity index (χ1v) is 6.51. The van der Waals surface area contributed by atoms with Crippen molar-refractivity contribution in [3.63, 3.8) is 0 Å². The first kappa shape index (κ1) is 12.4. The molecule has 1 atom stereocenters. The van der Waals surface area contributed by atoms with Crippen LogP contribution in [0.3, 0.4) is 0 Å². The second-order valence-electron chi connectivity index (χ2n) is 5.17. The number of rotatable bonds is 4. The lowest BCUT2D eigenvalue weighted by molar-refractivity contribution is 0.134. The third-order valence-corrected chi connectivity index (χ3v) is 3.55. The van der Waals surface area contributed by atoms with Crippen LogP contribution in [0.2, 0.25) is 0 Å². The summed E-state index contributed by atoms with van der Waals surface area (Å²) in [6.07, 6.45) is 5.64. The van der Waals surface area contributed by atoms with Gasteiger partial charge in [0, 0.05) is 57.0 Å². The maximum Gasteiger partial charge on any atom is 0.0947 e. The Morgan fingerprint density at radius 2 is 2.42 bits per heavy atom. The zero-order valence-electron chi connectivity index (χ0n) is 11.4. The Kier molecular flexibility index (Phi) is 3.40. The predicted octanol–water partition coefficient (Wildman–Crippen LogP) is 1.76. The van der Waals surface area contributed by atoms with Gasteiger partial charge in [-0.25, -0.2) is 0 Å². The molecule has 19 heavy (non-hydrogen) atoms. The summed E-state index contributed by atoms with van der Waals surface area (Å²) >= 11 is 0. The maximum atomic E-state index is 5.34. The van der Waals surface area contributed by atoms with Crippen LogP contribution in [-0.2, 0) is 24.9 Å². The van der Waals surface area contributed by atoms with Gasteiger partial charge in [0.25, 0.3) is 0 Å². The van der Waals surface area contributed by atoms with Gasteiger partial charge in [-0.3, -0.25) is 9.58 Å². The lowest BCUT2D eigenvalue weighted by atomic mass is 9.97. The van der Waals surface area contributed by atoms with Gasteiger partial charge in [0.1, 0.15) is 0 Å². The standard InChI is InChI=1S/C14H19N3O2/c1-16-6-12-7-17(5-11-3-4-19-9-11)8-13(10-18-2)14(12)15-16/h3-4,6,9,13H,5,7-8,10H2,1-2H3/t13-/m1/s1. The number of furan rings is 1. The van der Waals surface area contributed by atoms with E-state index in [1.54, 1.807) is 13.4 Å². The van der Waals surface area contributed by atoms with Crippen LogP contribution in [-0.4, -0.2) is 34.9 Å². The minimum absolute atomic E-state index is 0.349. The Labute approximate surface area is 112 Å². The summed E-state index contributed by atoms with van der Waals surface area (Å²) in [5.41, 5.74) is 3.70. The lowest BCUT2D eigenvalue weighted by Crippen LogP contribution is -2.34. The Hall–Kier alpha value is -1.59. The number of aryl methyl sites for hydroxylation is 1. The van der Waals surface area contributed by atoms with Gasteiger partial charge in [0.2, 0.25) is 0 Å². The number of fused-ring (bicyclic) bond motifs is 1. The molecular formula is C14H19N3O2. The Balaban J connectivity index is 1.79. The molecule has 5 heteroatoms. The number of aromatic nitrogens is 2. The smallest absolute Gasteiger partial charge is 0.0947 e. The first-order valence-electron chi connectivity index (χ1n) is 6.51. The molecule has 0 saturated heterocycles. The van der Waals surface area contributed by atoms with E-state index in [2.05, 4.69) is 16.2 Å². The first-order chi connectivity index (χ1) is 9.26. The van der Waals surface area contributed by atoms with E-state index < -0.39 is 0 Å². The van der Waals surface area contributed by atoms with Crippen LogP contribution < -0.4 is 0 Å². The van der Waals surface area contributed by atoms with E-state index in [0.29, 0.717) is 12.5 Å². The summed E-state index contributed by atoms with van der Waals surface area (Å²) in [4.78, 5) is 2.42. The summed E-state index contributed by atoms with van der Waals surface area (Å²) in [6, 6.07) is 2.02. The van der Waals surface area contributed by atoms with E-state index >= 15 is 0 Å². The van der Waals surface area contributed by atoms with Gasteiger partial charge < -0.3 is 9.15 Å². The van der Waals surface area contributed by atoms with E-state index in [0.717, 1.165) is 19.6 Å². The molecule has 1 aliphatic rings. The number of ether oxygens (including phenoxy) is 1. The molecule has 3 heterocycles. The van der Waals surface area contributed by atoms with Crippen LogP contribution in [0.5, 0.6) is 0 Å². The Morgan fingerprint density at radius 1 is 1.53 bits per heavy atom. The van der Waals surface area contributed by atoms with Gasteiger partial charge in [0.05, 0.1) is 24.8 Å². The van der Waals surface area contributed by atoms with Gasteiger partial charge in [-0.15, -0.1) is 0 Å². The quantitative estimate of drug-likeness (QED) is 0.841. The minimum Gasteiger partial charge on any atom is -0.472 e. The fourth-order valence-electron chi connectivity index (χ4n) is 2.82. The van der Waals surface area contributed by atoms with Crippen molar-refractivity contribution in [3.05, 3.63) is 41.6 Å². The van der Waals surface area contributed by atoms with Gasteiger partial charge in [-0.1, -0.05) is 0 Å². The number of hydrogen-bond acceptors (Lipinski definition) is 4. The highest BCUT2D eigenvalue weighted by atomic mass is 16.5. The highest BCUT2D eigenvalue weighted by molar-refractivity contribution is 5.25. The van der Waals surface area contributed by atoms with Crippen molar-refractivity contribution in [3.8, 4) is 0 Å². The van der Waals surface area contributed by atoms with Crippen molar-refractivity contribution in [2.45, 2.75) is 19.0 Å². The van der Waals surface area contributed by atoms with Crippen molar-refractivity contribution < 1.29 is 9.15 Å². The molecule has 0 spiro atoms. The van der Waals surface area contributed by atoms with E-state index in [1.807, 2.05) is 24.1 Å². The molecule has 3 rings (SSSR count). The molecule has 102 valence electrons. The SMILES string of the molecule is COC[C@H]1CN(Cc2ccoc2)Cc2cn(C)nc21. The molecule has 0 unspecified atom stereocenters. The zero-order valence-corrected chi connectivity index (χ0v) is 11.4. The highest BCUT2D eigenvalue weighted by Crippen LogP contribution is 2.28. The van der Waals surface area contributed by atoms with Crippen molar-refractivity contribution in [2.24, 2.45) is 7.05 Å². The van der Waals surface area contributed by atoms with Crippen LogP contribution in [0.25, 0.3) is 0 Å². The van der Waals surface area contributed by atoms with Gasteiger partial charge >= 0.3 is 0 Å². The monoisotopic (exact) mass is 261 g/mol. The lowest BCUT2D eigenvalue weighted by Gasteiger charge is -2.31. The number of hydrogen-bond donors (Lipinski definition) is 0. The fourth-order valence-corrected chi connectivity index (χ4v) is 2.82.